The number of carbonyl (C=O) groups excluding carboxylic acids is 2. The van der Waals surface area contributed by atoms with Gasteiger partial charge in [0.25, 0.3) is 0 Å². The molecule has 0 bridgehead atoms. The molecule has 5 atom stereocenters. The monoisotopic (exact) mass is 576 g/mol. The molecule has 1 aromatic heterocycles. The molecule has 10 nitrogen and oxygen atoms in total. The molecule has 5 N–H and O–H groups in total. The van der Waals surface area contributed by atoms with E-state index < -0.39 is 42.3 Å². The van der Waals surface area contributed by atoms with Gasteiger partial charge in [-0.25, -0.2) is 9.59 Å². The fourth-order valence-electron chi connectivity index (χ4n) is 4.77. The van der Waals surface area contributed by atoms with Gasteiger partial charge in [-0.05, 0) is 48.4 Å². The van der Waals surface area contributed by atoms with Crippen LogP contribution in [0, 0.1) is 5.92 Å². The fourth-order valence-corrected chi connectivity index (χ4v) is 4.77. The zero-order valence-corrected chi connectivity index (χ0v) is 24.2. The summed E-state index contributed by atoms with van der Waals surface area (Å²) in [7, 11) is 1.23. The topological polar surface area (TPSA) is 150 Å². The van der Waals surface area contributed by atoms with Gasteiger partial charge in [-0.1, -0.05) is 80.9 Å². The van der Waals surface area contributed by atoms with Crippen molar-refractivity contribution in [3.05, 3.63) is 90.1 Å². The van der Waals surface area contributed by atoms with Crippen molar-refractivity contribution >= 4 is 18.1 Å². The minimum atomic E-state index is -1.25. The number of nitrogens with zero attached hydrogens (tertiary/aromatic N) is 1. The smallest absolute Gasteiger partial charge is 0.407 e. The van der Waals surface area contributed by atoms with Gasteiger partial charge in [0.05, 0.1) is 24.9 Å². The van der Waals surface area contributed by atoms with Crippen molar-refractivity contribution in [2.45, 2.75) is 63.8 Å². The predicted octanol–water partition coefficient (Wildman–Crippen LogP) is 4.18. The molecule has 10 heteroatoms. The molecule has 2 aromatic carbocycles. The molecule has 1 heterocycles. The van der Waals surface area contributed by atoms with E-state index in [1.165, 1.54) is 7.11 Å². The van der Waals surface area contributed by atoms with E-state index in [0.29, 0.717) is 12.8 Å². The van der Waals surface area contributed by atoms with Crippen molar-refractivity contribution in [2.75, 3.05) is 7.11 Å². The summed E-state index contributed by atoms with van der Waals surface area (Å²) >= 11 is 0. The van der Waals surface area contributed by atoms with Gasteiger partial charge in [0.15, 0.2) is 0 Å². The standard InChI is InChI=1S/C32H40N4O6/c1-4-21(2)29(36-32(41)42-3)30(38)34-25(18-23-13-15-24(16-14-23)26-12-8-9-17-33-26)20-28(37)27(35-31(39)40)19-22-10-6-5-7-11-22/h5-17,21,25,27-29,35,37H,4,18-20H2,1-3H3,(H,34,38)(H,36,41)(H,39,40)/t21-,25-,27-,28+,29-/m0/s1. The maximum Gasteiger partial charge on any atom is 0.407 e. The zero-order chi connectivity index (χ0) is 30.5. The third kappa shape index (κ3) is 9.88. The van der Waals surface area contributed by atoms with Gasteiger partial charge >= 0.3 is 12.2 Å². The van der Waals surface area contributed by atoms with Crippen LogP contribution in [0.15, 0.2) is 79.0 Å². The summed E-state index contributed by atoms with van der Waals surface area (Å²) in [5.74, 6) is -0.602. The van der Waals surface area contributed by atoms with E-state index >= 15 is 0 Å². The number of rotatable bonds is 14. The average molecular weight is 577 g/mol. The summed E-state index contributed by atoms with van der Waals surface area (Å²) in [4.78, 5) is 41.4. The minimum Gasteiger partial charge on any atom is -0.465 e. The van der Waals surface area contributed by atoms with Crippen LogP contribution in [0.3, 0.4) is 0 Å². The van der Waals surface area contributed by atoms with Crippen LogP contribution in [-0.4, -0.2) is 64.6 Å². The van der Waals surface area contributed by atoms with E-state index in [2.05, 4.69) is 20.9 Å². The summed E-state index contributed by atoms with van der Waals surface area (Å²) in [5.41, 5.74) is 3.53. The summed E-state index contributed by atoms with van der Waals surface area (Å²) < 4.78 is 4.72. The minimum absolute atomic E-state index is 0.0664. The number of hydrogen-bond acceptors (Lipinski definition) is 6. The molecule has 0 aliphatic heterocycles. The number of aliphatic hydroxyl groups excluding tert-OH is 1. The van der Waals surface area contributed by atoms with E-state index in [-0.39, 0.29) is 18.8 Å². The number of ether oxygens (including phenoxy) is 1. The van der Waals surface area contributed by atoms with Crippen molar-refractivity contribution in [3.63, 3.8) is 0 Å². The highest BCUT2D eigenvalue weighted by atomic mass is 16.5. The van der Waals surface area contributed by atoms with Crippen molar-refractivity contribution in [1.29, 1.82) is 0 Å². The summed E-state index contributed by atoms with van der Waals surface area (Å²) in [6, 6.07) is 20.5. The Labute approximate surface area is 246 Å². The lowest BCUT2D eigenvalue weighted by Crippen LogP contribution is -2.54. The van der Waals surface area contributed by atoms with E-state index in [4.69, 9.17) is 4.74 Å². The molecule has 0 saturated heterocycles. The lowest BCUT2D eigenvalue weighted by molar-refractivity contribution is -0.125. The van der Waals surface area contributed by atoms with Crippen LogP contribution in [0.2, 0.25) is 0 Å². The number of aliphatic hydroxyl groups is 1. The molecule has 0 fully saturated rings. The number of amides is 3. The van der Waals surface area contributed by atoms with E-state index in [9.17, 15) is 24.6 Å². The Hall–Kier alpha value is -4.44. The largest absolute Gasteiger partial charge is 0.465 e. The molecule has 3 aromatic rings. The Balaban J connectivity index is 1.84. The number of methoxy groups -OCH3 is 1. The summed E-state index contributed by atoms with van der Waals surface area (Å²) in [6.45, 7) is 3.77. The molecule has 3 rings (SSSR count). The molecule has 0 saturated carbocycles. The highest BCUT2D eigenvalue weighted by Gasteiger charge is 2.31. The number of alkyl carbamates (subject to hydrolysis) is 1. The molecule has 0 radical (unpaired) electrons. The van der Waals surface area contributed by atoms with E-state index in [1.807, 2.05) is 86.6 Å². The highest BCUT2D eigenvalue weighted by molar-refractivity contribution is 5.86. The van der Waals surface area contributed by atoms with Gasteiger partial charge in [-0.2, -0.15) is 0 Å². The molecule has 3 amide bonds. The predicted molar refractivity (Wildman–Crippen MR) is 160 cm³/mol. The Morgan fingerprint density at radius 3 is 2.14 bits per heavy atom. The number of nitrogens with one attached hydrogen (secondary N) is 3. The van der Waals surface area contributed by atoms with Gasteiger partial charge in [0.2, 0.25) is 5.91 Å². The van der Waals surface area contributed by atoms with Crippen molar-refractivity contribution in [3.8, 4) is 11.3 Å². The van der Waals surface area contributed by atoms with Gasteiger partial charge in [0.1, 0.15) is 6.04 Å². The van der Waals surface area contributed by atoms with Crippen molar-refractivity contribution in [2.24, 2.45) is 5.92 Å². The third-order valence-electron chi connectivity index (χ3n) is 7.30. The van der Waals surface area contributed by atoms with E-state index in [1.54, 1.807) is 6.20 Å². The first-order valence-corrected chi connectivity index (χ1v) is 14.1. The van der Waals surface area contributed by atoms with Crippen LogP contribution in [0.5, 0.6) is 0 Å². The van der Waals surface area contributed by atoms with E-state index in [0.717, 1.165) is 22.4 Å². The van der Waals surface area contributed by atoms with Crippen molar-refractivity contribution < 1.29 is 29.3 Å². The quantitative estimate of drug-likeness (QED) is 0.193. The van der Waals surface area contributed by atoms with Crippen LogP contribution in [-0.2, 0) is 22.4 Å². The maximum atomic E-state index is 13.5. The second-order valence-electron chi connectivity index (χ2n) is 10.4. The Morgan fingerprint density at radius 2 is 1.55 bits per heavy atom. The highest BCUT2D eigenvalue weighted by Crippen LogP contribution is 2.20. The first kappa shape index (κ1) is 32.1. The second-order valence-corrected chi connectivity index (χ2v) is 10.4. The number of pyridine rings is 1. The molecular weight excluding hydrogens is 536 g/mol. The normalized spacial score (nSPS) is 14.5. The molecule has 0 aliphatic carbocycles. The number of hydrogen-bond donors (Lipinski definition) is 5. The number of benzene rings is 2. The number of carboxylic acid groups (broad SMARTS) is 1. The molecule has 224 valence electrons. The Morgan fingerprint density at radius 1 is 0.881 bits per heavy atom. The first-order valence-electron chi connectivity index (χ1n) is 14.1. The lowest BCUT2D eigenvalue weighted by Gasteiger charge is -2.30. The van der Waals surface area contributed by atoms with Crippen LogP contribution in [0.1, 0.15) is 37.8 Å². The molecule has 0 aliphatic rings. The van der Waals surface area contributed by atoms with Crippen molar-refractivity contribution in [1.82, 2.24) is 20.9 Å². The van der Waals surface area contributed by atoms with Crippen LogP contribution in [0.25, 0.3) is 11.3 Å². The Bertz CT molecular complexity index is 1270. The first-order chi connectivity index (χ1) is 20.2. The summed E-state index contributed by atoms with van der Waals surface area (Å²) in [5, 5.41) is 28.8. The third-order valence-corrected chi connectivity index (χ3v) is 7.30. The van der Waals surface area contributed by atoms with Gasteiger partial charge in [-0.15, -0.1) is 0 Å². The zero-order valence-electron chi connectivity index (χ0n) is 24.2. The number of aromatic nitrogens is 1. The molecular formula is C32H40N4O6. The molecule has 0 unspecified atom stereocenters. The second kappa shape index (κ2) is 16.1. The van der Waals surface area contributed by atoms with Crippen LogP contribution < -0.4 is 16.0 Å². The Kier molecular flexibility index (Phi) is 12.3. The lowest BCUT2D eigenvalue weighted by atomic mass is 9.92. The SMILES string of the molecule is CC[C@H](C)[C@H](NC(=O)OC)C(=O)N[C@@H](Cc1ccc(-c2ccccn2)cc1)C[C@@H](O)[C@H](Cc1ccccc1)NC(=O)O. The average Bonchev–Trinajstić information content (AvgIpc) is 3.00. The summed E-state index contributed by atoms with van der Waals surface area (Å²) in [6.07, 6.45) is -0.0260. The van der Waals surface area contributed by atoms with Crippen LogP contribution >= 0.6 is 0 Å². The van der Waals surface area contributed by atoms with Crippen LogP contribution in [0.4, 0.5) is 9.59 Å². The maximum absolute atomic E-state index is 13.5. The van der Waals surface area contributed by atoms with Gasteiger partial charge in [0, 0.05) is 17.8 Å². The van der Waals surface area contributed by atoms with Gasteiger partial charge < -0.3 is 30.9 Å². The van der Waals surface area contributed by atoms with Gasteiger partial charge in [-0.3, -0.25) is 9.78 Å². The molecule has 42 heavy (non-hydrogen) atoms. The molecule has 0 spiro atoms. The fraction of sp³-hybridized carbons (Fsp3) is 0.375. The number of carbonyl (C=O) groups is 3.